The van der Waals surface area contributed by atoms with Crippen molar-refractivity contribution in [1.29, 1.82) is 0 Å². The molecule has 9 heteroatoms. The first-order valence-corrected chi connectivity index (χ1v) is 7.68. The largest absolute Gasteiger partial charge is 0.573 e. The summed E-state index contributed by atoms with van der Waals surface area (Å²) in [5.41, 5.74) is 0. The molecule has 1 aromatic carbocycles. The molecule has 0 radical (unpaired) electrons. The van der Waals surface area contributed by atoms with Crippen molar-refractivity contribution in [1.82, 2.24) is 4.72 Å². The second-order valence-electron chi connectivity index (χ2n) is 4.60. The minimum absolute atomic E-state index is 0.0781. The number of hydrogen-bond donors (Lipinski definition) is 1. The van der Waals surface area contributed by atoms with E-state index < -0.39 is 22.1 Å². The Bertz CT molecular complexity index is 582. The van der Waals surface area contributed by atoms with Crippen LogP contribution >= 0.6 is 0 Å². The standard InChI is InChI=1S/C12H14F3NO4S/c13-12(14,15)20-10-2-1-3-11(6-10)21(17,18)16-7-9-4-5-19-8-9/h1-3,6,9,16H,4-5,7-8H2/t9-/m1/s1. The molecule has 0 aliphatic carbocycles. The molecule has 1 aliphatic rings. The molecule has 1 saturated heterocycles. The van der Waals surface area contributed by atoms with Gasteiger partial charge in [-0.1, -0.05) is 6.07 Å². The fourth-order valence-electron chi connectivity index (χ4n) is 1.89. The summed E-state index contributed by atoms with van der Waals surface area (Å²) >= 11 is 0. The Balaban J connectivity index is 2.06. The minimum Gasteiger partial charge on any atom is -0.406 e. The van der Waals surface area contributed by atoms with Crippen molar-refractivity contribution in [3.63, 3.8) is 0 Å². The summed E-state index contributed by atoms with van der Waals surface area (Å²) in [6, 6.07) is 4.27. The van der Waals surface area contributed by atoms with E-state index in [1.54, 1.807) is 0 Å². The van der Waals surface area contributed by atoms with E-state index >= 15 is 0 Å². The van der Waals surface area contributed by atoms with E-state index in [2.05, 4.69) is 9.46 Å². The van der Waals surface area contributed by atoms with E-state index in [0.717, 1.165) is 18.6 Å². The smallest absolute Gasteiger partial charge is 0.406 e. The van der Waals surface area contributed by atoms with Gasteiger partial charge in [0.05, 0.1) is 11.5 Å². The average Bonchev–Trinajstić information content (AvgIpc) is 2.88. The van der Waals surface area contributed by atoms with Gasteiger partial charge in [-0.2, -0.15) is 0 Å². The van der Waals surface area contributed by atoms with Gasteiger partial charge < -0.3 is 9.47 Å². The number of nitrogens with one attached hydrogen (secondary N) is 1. The van der Waals surface area contributed by atoms with Crippen molar-refractivity contribution in [2.24, 2.45) is 5.92 Å². The van der Waals surface area contributed by atoms with E-state index in [0.29, 0.717) is 13.2 Å². The van der Waals surface area contributed by atoms with Gasteiger partial charge in [-0.05, 0) is 24.5 Å². The molecule has 0 aromatic heterocycles. The Morgan fingerprint density at radius 3 is 2.76 bits per heavy atom. The molecule has 1 aromatic rings. The molecule has 5 nitrogen and oxygen atoms in total. The lowest BCUT2D eigenvalue weighted by atomic mass is 10.1. The molecule has 1 aliphatic heterocycles. The van der Waals surface area contributed by atoms with Crippen molar-refractivity contribution in [3.05, 3.63) is 24.3 Å². The minimum atomic E-state index is -4.86. The van der Waals surface area contributed by atoms with Gasteiger partial charge in [-0.3, -0.25) is 0 Å². The maximum Gasteiger partial charge on any atom is 0.573 e. The van der Waals surface area contributed by atoms with Crippen LogP contribution in [0.5, 0.6) is 5.75 Å². The summed E-state index contributed by atoms with van der Waals surface area (Å²) in [4.78, 5) is -0.275. The highest BCUT2D eigenvalue weighted by Gasteiger charge is 2.31. The van der Waals surface area contributed by atoms with E-state index in [-0.39, 0.29) is 17.4 Å². The molecule has 0 bridgehead atoms. The first-order chi connectivity index (χ1) is 9.76. The summed E-state index contributed by atoms with van der Waals surface area (Å²) in [5, 5.41) is 0. The lowest BCUT2D eigenvalue weighted by Gasteiger charge is -2.12. The van der Waals surface area contributed by atoms with Crippen LogP contribution in [0.3, 0.4) is 0 Å². The van der Waals surface area contributed by atoms with Crippen LogP contribution < -0.4 is 9.46 Å². The van der Waals surface area contributed by atoms with Gasteiger partial charge in [0.2, 0.25) is 10.0 Å². The molecule has 1 fully saturated rings. The number of hydrogen-bond acceptors (Lipinski definition) is 4. The SMILES string of the molecule is O=S(=O)(NC[C@H]1CCOC1)c1cccc(OC(F)(F)F)c1. The third kappa shape index (κ3) is 4.87. The van der Waals surface area contributed by atoms with Gasteiger partial charge in [0.1, 0.15) is 5.75 Å². The summed E-state index contributed by atoms with van der Waals surface area (Å²) in [6.45, 7) is 1.24. The van der Waals surface area contributed by atoms with Crippen LogP contribution in [0.4, 0.5) is 13.2 Å². The molecule has 0 amide bonds. The second-order valence-corrected chi connectivity index (χ2v) is 6.37. The van der Waals surface area contributed by atoms with Crippen LogP contribution in [0.15, 0.2) is 29.2 Å². The fourth-order valence-corrected chi connectivity index (χ4v) is 3.04. The first kappa shape index (κ1) is 16.1. The molecule has 1 heterocycles. The van der Waals surface area contributed by atoms with E-state index in [9.17, 15) is 21.6 Å². The highest BCUT2D eigenvalue weighted by atomic mass is 32.2. The normalized spacial score (nSPS) is 19.7. The average molecular weight is 325 g/mol. The number of sulfonamides is 1. The third-order valence-corrected chi connectivity index (χ3v) is 4.36. The number of rotatable bonds is 5. The van der Waals surface area contributed by atoms with Crippen molar-refractivity contribution >= 4 is 10.0 Å². The third-order valence-electron chi connectivity index (χ3n) is 2.94. The summed E-state index contributed by atoms with van der Waals surface area (Å²) in [6.07, 6.45) is -4.11. The predicted molar refractivity (Wildman–Crippen MR) is 67.2 cm³/mol. The van der Waals surface area contributed by atoms with Crippen LogP contribution in [0.2, 0.25) is 0 Å². The maximum atomic E-state index is 12.1. The summed E-state index contributed by atoms with van der Waals surface area (Å²) in [5.74, 6) is -0.496. The molecule has 0 unspecified atom stereocenters. The van der Waals surface area contributed by atoms with Gasteiger partial charge in [0.25, 0.3) is 0 Å². The van der Waals surface area contributed by atoms with Gasteiger partial charge in [-0.15, -0.1) is 13.2 Å². The summed E-state index contributed by atoms with van der Waals surface area (Å²) in [7, 11) is -3.88. The molecule has 1 atom stereocenters. The Labute approximate surface area is 120 Å². The fraction of sp³-hybridized carbons (Fsp3) is 0.500. The van der Waals surface area contributed by atoms with Crippen molar-refractivity contribution in [2.45, 2.75) is 17.7 Å². The van der Waals surface area contributed by atoms with Crippen molar-refractivity contribution < 1.29 is 31.1 Å². The molecule has 118 valence electrons. The van der Waals surface area contributed by atoms with Gasteiger partial charge in [0, 0.05) is 19.2 Å². The monoisotopic (exact) mass is 325 g/mol. The van der Waals surface area contributed by atoms with Crippen LogP contribution in [-0.4, -0.2) is 34.5 Å². The van der Waals surface area contributed by atoms with Crippen LogP contribution in [-0.2, 0) is 14.8 Å². The molecule has 0 saturated carbocycles. The quantitative estimate of drug-likeness (QED) is 0.898. The van der Waals surface area contributed by atoms with Gasteiger partial charge in [0.15, 0.2) is 0 Å². The van der Waals surface area contributed by atoms with E-state index in [4.69, 9.17) is 4.74 Å². The van der Waals surface area contributed by atoms with Crippen molar-refractivity contribution in [3.8, 4) is 5.75 Å². The lowest BCUT2D eigenvalue weighted by Crippen LogP contribution is -2.29. The van der Waals surface area contributed by atoms with E-state index in [1.807, 2.05) is 0 Å². The highest BCUT2D eigenvalue weighted by Crippen LogP contribution is 2.25. The number of ether oxygens (including phenoxy) is 2. The molecule has 0 spiro atoms. The Kier molecular flexibility index (Phi) is 4.74. The maximum absolute atomic E-state index is 12.1. The second kappa shape index (κ2) is 6.20. The topological polar surface area (TPSA) is 64.6 Å². The zero-order chi connectivity index (χ0) is 15.5. The Morgan fingerprint density at radius 1 is 1.38 bits per heavy atom. The molecular formula is C12H14F3NO4S. The van der Waals surface area contributed by atoms with Crippen molar-refractivity contribution in [2.75, 3.05) is 19.8 Å². The van der Waals surface area contributed by atoms with Crippen LogP contribution in [0.1, 0.15) is 6.42 Å². The number of alkyl halides is 3. The van der Waals surface area contributed by atoms with Gasteiger partial charge >= 0.3 is 6.36 Å². The Hall–Kier alpha value is -1.32. The molecule has 1 N–H and O–H groups in total. The Morgan fingerprint density at radius 2 is 2.14 bits per heavy atom. The lowest BCUT2D eigenvalue weighted by molar-refractivity contribution is -0.274. The number of halogens is 3. The van der Waals surface area contributed by atoms with Crippen LogP contribution in [0, 0.1) is 5.92 Å². The number of benzene rings is 1. The molecular weight excluding hydrogens is 311 g/mol. The summed E-state index contributed by atoms with van der Waals surface area (Å²) < 4.78 is 71.6. The zero-order valence-electron chi connectivity index (χ0n) is 10.9. The first-order valence-electron chi connectivity index (χ1n) is 6.19. The molecule has 2 rings (SSSR count). The van der Waals surface area contributed by atoms with Crippen LogP contribution in [0.25, 0.3) is 0 Å². The predicted octanol–water partition coefficient (Wildman–Crippen LogP) is 1.90. The highest BCUT2D eigenvalue weighted by molar-refractivity contribution is 7.89. The van der Waals surface area contributed by atoms with E-state index in [1.165, 1.54) is 12.1 Å². The van der Waals surface area contributed by atoms with Gasteiger partial charge in [-0.25, -0.2) is 13.1 Å². The molecule has 21 heavy (non-hydrogen) atoms. The zero-order valence-corrected chi connectivity index (χ0v) is 11.7.